The molecule has 2 atom stereocenters. The minimum absolute atomic E-state index is 0. The van der Waals surface area contributed by atoms with Crippen LogP contribution >= 0.6 is 28.7 Å². The predicted octanol–water partition coefficient (Wildman–Crippen LogP) is 1.93. The standard InChI is InChI=1S/C12H14N2O3S2.BrH/c1-17-9-4-2-3-8(5-9)14-10-6-19(15,16)7-11(10)18-12(14)13;/h2-5,10-11,13H,6-7H2,1H3;1H. The lowest BCUT2D eigenvalue weighted by atomic mass is 10.2. The molecule has 20 heavy (non-hydrogen) atoms. The molecular formula is C12H15BrN2O3S2. The molecule has 2 unspecified atom stereocenters. The number of nitrogens with one attached hydrogen (secondary N) is 1. The van der Waals surface area contributed by atoms with Gasteiger partial charge >= 0.3 is 0 Å². The molecule has 0 saturated carbocycles. The van der Waals surface area contributed by atoms with Gasteiger partial charge in [-0.05, 0) is 12.1 Å². The number of fused-ring (bicyclic) bond motifs is 1. The summed E-state index contributed by atoms with van der Waals surface area (Å²) in [5.74, 6) is 1.01. The van der Waals surface area contributed by atoms with E-state index in [9.17, 15) is 8.42 Å². The third kappa shape index (κ3) is 2.68. The van der Waals surface area contributed by atoms with E-state index in [0.717, 1.165) is 5.69 Å². The van der Waals surface area contributed by atoms with Crippen molar-refractivity contribution in [2.75, 3.05) is 23.5 Å². The van der Waals surface area contributed by atoms with Gasteiger partial charge in [-0.1, -0.05) is 17.8 Å². The smallest absolute Gasteiger partial charge is 0.161 e. The monoisotopic (exact) mass is 378 g/mol. The van der Waals surface area contributed by atoms with Crippen molar-refractivity contribution in [3.05, 3.63) is 24.3 Å². The lowest BCUT2D eigenvalue weighted by molar-refractivity contribution is 0.415. The molecule has 3 rings (SSSR count). The lowest BCUT2D eigenvalue weighted by Crippen LogP contribution is -2.37. The number of sulfone groups is 1. The number of amidine groups is 1. The Morgan fingerprint density at radius 2 is 2.15 bits per heavy atom. The van der Waals surface area contributed by atoms with E-state index in [2.05, 4.69) is 0 Å². The molecule has 0 aromatic heterocycles. The molecule has 1 aromatic rings. The van der Waals surface area contributed by atoms with Gasteiger partial charge in [-0.15, -0.1) is 17.0 Å². The summed E-state index contributed by atoms with van der Waals surface area (Å²) >= 11 is 1.34. The molecular weight excluding hydrogens is 364 g/mol. The first-order valence-electron chi connectivity index (χ1n) is 5.89. The minimum atomic E-state index is -2.98. The molecule has 1 N–H and O–H groups in total. The van der Waals surface area contributed by atoms with Gasteiger partial charge in [0.1, 0.15) is 5.75 Å². The lowest BCUT2D eigenvalue weighted by Gasteiger charge is -2.24. The number of methoxy groups -OCH3 is 1. The summed E-state index contributed by atoms with van der Waals surface area (Å²) in [4.78, 5) is 1.81. The Kier molecular flexibility index (Phi) is 4.36. The van der Waals surface area contributed by atoms with Crippen LogP contribution in [0, 0.1) is 5.41 Å². The van der Waals surface area contributed by atoms with E-state index in [4.69, 9.17) is 10.1 Å². The first kappa shape index (κ1) is 15.7. The number of ether oxygens (including phenoxy) is 1. The summed E-state index contributed by atoms with van der Waals surface area (Å²) in [5.41, 5.74) is 0.821. The summed E-state index contributed by atoms with van der Waals surface area (Å²) in [6.07, 6.45) is 0. The van der Waals surface area contributed by atoms with Gasteiger partial charge in [-0.2, -0.15) is 0 Å². The van der Waals surface area contributed by atoms with Gasteiger partial charge in [0.05, 0.1) is 24.7 Å². The average molecular weight is 379 g/mol. The number of nitrogens with zero attached hydrogens (tertiary/aromatic N) is 1. The quantitative estimate of drug-likeness (QED) is 0.850. The molecule has 1 aromatic carbocycles. The second-order valence-electron chi connectivity index (χ2n) is 4.68. The maximum Gasteiger partial charge on any atom is 0.161 e. The topological polar surface area (TPSA) is 70.5 Å². The number of thioether (sulfide) groups is 1. The zero-order chi connectivity index (χ0) is 13.6. The Bertz CT molecular complexity index is 635. The molecule has 2 aliphatic heterocycles. The van der Waals surface area contributed by atoms with Crippen molar-refractivity contribution in [2.45, 2.75) is 11.3 Å². The van der Waals surface area contributed by atoms with Gasteiger partial charge in [0.2, 0.25) is 0 Å². The van der Waals surface area contributed by atoms with Crippen molar-refractivity contribution >= 4 is 49.4 Å². The van der Waals surface area contributed by atoms with Crippen molar-refractivity contribution < 1.29 is 13.2 Å². The SMILES string of the molecule is Br.COc1cccc(N2C(=N)SC3CS(=O)(=O)CC32)c1. The van der Waals surface area contributed by atoms with Crippen molar-refractivity contribution in [2.24, 2.45) is 0 Å². The molecule has 2 aliphatic rings. The summed E-state index contributed by atoms with van der Waals surface area (Å²) in [7, 11) is -1.39. The number of rotatable bonds is 2. The first-order chi connectivity index (χ1) is 9.00. The van der Waals surface area contributed by atoms with E-state index in [-0.39, 0.29) is 39.8 Å². The summed E-state index contributed by atoms with van der Waals surface area (Å²) < 4.78 is 28.6. The minimum Gasteiger partial charge on any atom is -0.497 e. The van der Waals surface area contributed by atoms with Gasteiger partial charge in [0.15, 0.2) is 15.0 Å². The second kappa shape index (κ2) is 5.57. The van der Waals surface area contributed by atoms with Crippen LogP contribution in [-0.2, 0) is 9.84 Å². The Hall–Kier alpha value is -0.730. The van der Waals surface area contributed by atoms with Crippen LogP contribution in [0.4, 0.5) is 5.69 Å². The number of benzene rings is 1. The van der Waals surface area contributed by atoms with Crippen molar-refractivity contribution in [1.29, 1.82) is 5.41 Å². The van der Waals surface area contributed by atoms with E-state index in [1.807, 2.05) is 29.2 Å². The van der Waals surface area contributed by atoms with Gasteiger partial charge in [0, 0.05) is 17.0 Å². The molecule has 5 nitrogen and oxygen atoms in total. The Balaban J connectivity index is 0.00000147. The van der Waals surface area contributed by atoms with E-state index in [0.29, 0.717) is 10.9 Å². The number of hydrogen-bond donors (Lipinski definition) is 1. The summed E-state index contributed by atoms with van der Waals surface area (Å²) in [5, 5.41) is 8.44. The molecule has 0 amide bonds. The van der Waals surface area contributed by atoms with Crippen LogP contribution in [0.5, 0.6) is 5.75 Å². The molecule has 8 heteroatoms. The maximum absolute atomic E-state index is 11.7. The van der Waals surface area contributed by atoms with Crippen LogP contribution < -0.4 is 9.64 Å². The maximum atomic E-state index is 11.7. The van der Waals surface area contributed by atoms with Crippen molar-refractivity contribution in [3.8, 4) is 5.75 Å². The van der Waals surface area contributed by atoms with Gasteiger partial charge < -0.3 is 9.64 Å². The van der Waals surface area contributed by atoms with Crippen LogP contribution in [0.25, 0.3) is 0 Å². The Labute approximate surface area is 132 Å². The van der Waals surface area contributed by atoms with E-state index >= 15 is 0 Å². The normalized spacial score (nSPS) is 27.1. The molecule has 2 saturated heterocycles. The third-order valence-electron chi connectivity index (χ3n) is 3.42. The van der Waals surface area contributed by atoms with Crippen LogP contribution in [0.3, 0.4) is 0 Å². The van der Waals surface area contributed by atoms with Crippen molar-refractivity contribution in [1.82, 2.24) is 0 Å². The largest absolute Gasteiger partial charge is 0.497 e. The summed E-state index contributed by atoms with van der Waals surface area (Å²) in [6, 6.07) is 7.27. The van der Waals surface area contributed by atoms with Crippen LogP contribution in [-0.4, -0.2) is 43.5 Å². The molecule has 0 aliphatic carbocycles. The molecule has 110 valence electrons. The fraction of sp³-hybridized carbons (Fsp3) is 0.417. The molecule has 0 bridgehead atoms. The molecule has 0 spiro atoms. The second-order valence-corrected chi connectivity index (χ2v) is 8.06. The van der Waals surface area contributed by atoms with Crippen LogP contribution in [0.1, 0.15) is 0 Å². The first-order valence-corrected chi connectivity index (χ1v) is 8.59. The van der Waals surface area contributed by atoms with Gasteiger partial charge in [-0.25, -0.2) is 8.42 Å². The van der Waals surface area contributed by atoms with Crippen LogP contribution in [0.15, 0.2) is 24.3 Å². The van der Waals surface area contributed by atoms with Gasteiger partial charge in [0.25, 0.3) is 0 Å². The number of hydrogen-bond acceptors (Lipinski definition) is 5. The van der Waals surface area contributed by atoms with E-state index in [1.165, 1.54) is 11.8 Å². The highest BCUT2D eigenvalue weighted by molar-refractivity contribution is 8.93. The zero-order valence-electron chi connectivity index (χ0n) is 10.8. The highest BCUT2D eigenvalue weighted by Gasteiger charge is 2.48. The fourth-order valence-electron chi connectivity index (χ4n) is 2.57. The zero-order valence-corrected chi connectivity index (χ0v) is 14.1. The predicted molar refractivity (Wildman–Crippen MR) is 87.3 cm³/mol. The highest BCUT2D eigenvalue weighted by atomic mass is 79.9. The number of halogens is 1. The Morgan fingerprint density at radius 3 is 2.85 bits per heavy atom. The molecule has 0 radical (unpaired) electrons. The molecule has 2 fully saturated rings. The van der Waals surface area contributed by atoms with Crippen molar-refractivity contribution in [3.63, 3.8) is 0 Å². The van der Waals surface area contributed by atoms with E-state index in [1.54, 1.807) is 7.11 Å². The molecule has 2 heterocycles. The fourth-order valence-corrected chi connectivity index (χ4v) is 6.36. The third-order valence-corrected chi connectivity index (χ3v) is 6.55. The highest BCUT2D eigenvalue weighted by Crippen LogP contribution is 2.40. The average Bonchev–Trinajstić information content (AvgIpc) is 2.79. The number of anilines is 1. The Morgan fingerprint density at radius 1 is 1.40 bits per heavy atom. The van der Waals surface area contributed by atoms with E-state index < -0.39 is 9.84 Å². The van der Waals surface area contributed by atoms with Crippen LogP contribution in [0.2, 0.25) is 0 Å². The summed E-state index contributed by atoms with van der Waals surface area (Å²) in [6.45, 7) is 0. The van der Waals surface area contributed by atoms with Gasteiger partial charge in [-0.3, -0.25) is 5.41 Å².